The molecular formula is C11H15IO3S. The Morgan fingerprint density at radius 3 is 2.38 bits per heavy atom. The predicted molar refractivity (Wildman–Crippen MR) is 74.5 cm³/mol. The molecule has 1 aromatic rings. The van der Waals surface area contributed by atoms with E-state index in [-0.39, 0.29) is 0 Å². The minimum Gasteiger partial charge on any atom is -0.377 e. The summed E-state index contributed by atoms with van der Waals surface area (Å²) < 4.78 is 15.8. The molecule has 1 aromatic carbocycles. The lowest BCUT2D eigenvalue weighted by Gasteiger charge is -2.05. The molecule has 0 unspecified atom stereocenters. The normalized spacial score (nSPS) is 10.6. The zero-order valence-electron chi connectivity index (χ0n) is 8.93. The van der Waals surface area contributed by atoms with Gasteiger partial charge in [0.15, 0.2) is 0 Å². The standard InChI is InChI=1S/C11H15IO3S/c12-16-15-9-8-13-6-7-14-10-11-4-2-1-3-5-11/h1-5H,6-10H2. The maximum Gasteiger partial charge on any atom is 0.0857 e. The van der Waals surface area contributed by atoms with Crippen LogP contribution in [0.5, 0.6) is 0 Å². The van der Waals surface area contributed by atoms with E-state index in [0.29, 0.717) is 33.0 Å². The molecule has 0 aliphatic heterocycles. The van der Waals surface area contributed by atoms with Crippen LogP contribution in [0.15, 0.2) is 30.3 Å². The van der Waals surface area contributed by atoms with E-state index in [2.05, 4.69) is 21.2 Å². The Hall–Kier alpha value is 0.180. The largest absolute Gasteiger partial charge is 0.377 e. The van der Waals surface area contributed by atoms with E-state index in [4.69, 9.17) is 13.7 Å². The quantitative estimate of drug-likeness (QED) is 0.387. The molecule has 0 saturated heterocycles. The van der Waals surface area contributed by atoms with Gasteiger partial charge in [0, 0.05) is 21.2 Å². The van der Waals surface area contributed by atoms with Crippen molar-refractivity contribution in [3.8, 4) is 0 Å². The van der Waals surface area contributed by atoms with Gasteiger partial charge in [-0.05, 0) is 5.56 Å². The number of benzene rings is 1. The first-order chi connectivity index (χ1) is 7.93. The molecular weight excluding hydrogens is 339 g/mol. The summed E-state index contributed by atoms with van der Waals surface area (Å²) in [5.41, 5.74) is 1.19. The third-order valence-corrected chi connectivity index (χ3v) is 2.86. The molecule has 16 heavy (non-hydrogen) atoms. The van der Waals surface area contributed by atoms with Crippen LogP contribution in [-0.2, 0) is 20.3 Å². The maximum absolute atomic E-state index is 5.45. The van der Waals surface area contributed by atoms with Gasteiger partial charge in [-0.1, -0.05) is 30.3 Å². The van der Waals surface area contributed by atoms with Gasteiger partial charge in [0.25, 0.3) is 0 Å². The molecule has 0 aliphatic rings. The van der Waals surface area contributed by atoms with Crippen LogP contribution in [0.25, 0.3) is 0 Å². The fourth-order valence-electron chi connectivity index (χ4n) is 1.11. The molecule has 0 radical (unpaired) electrons. The summed E-state index contributed by atoms with van der Waals surface area (Å²) >= 11 is 2.08. The van der Waals surface area contributed by atoms with Gasteiger partial charge in [0.2, 0.25) is 0 Å². The molecule has 0 amide bonds. The number of halogens is 1. The number of hydrogen-bond acceptors (Lipinski definition) is 4. The Labute approximate surface area is 113 Å². The third kappa shape index (κ3) is 7.45. The van der Waals surface area contributed by atoms with Crippen molar-refractivity contribution in [2.24, 2.45) is 0 Å². The fraction of sp³-hybridized carbons (Fsp3) is 0.455. The molecule has 0 aliphatic carbocycles. The van der Waals surface area contributed by atoms with Crippen molar-refractivity contribution in [2.75, 3.05) is 26.4 Å². The van der Waals surface area contributed by atoms with Gasteiger partial charge in [-0.2, -0.15) is 0 Å². The SMILES string of the molecule is ISOCCOCCOCc1ccccc1. The summed E-state index contributed by atoms with van der Waals surface area (Å²) in [4.78, 5) is 0. The van der Waals surface area contributed by atoms with Gasteiger partial charge in [-0.15, -0.1) is 0 Å². The van der Waals surface area contributed by atoms with Crippen molar-refractivity contribution < 1.29 is 13.7 Å². The van der Waals surface area contributed by atoms with E-state index in [1.165, 1.54) is 14.8 Å². The minimum absolute atomic E-state index is 0.613. The van der Waals surface area contributed by atoms with Gasteiger partial charge in [-0.3, -0.25) is 0 Å². The minimum atomic E-state index is 0.613. The first-order valence-electron chi connectivity index (χ1n) is 5.03. The second-order valence-electron chi connectivity index (χ2n) is 3.04. The molecule has 0 fully saturated rings. The van der Waals surface area contributed by atoms with Gasteiger partial charge in [-0.25, -0.2) is 0 Å². The topological polar surface area (TPSA) is 27.7 Å². The molecule has 0 bridgehead atoms. The summed E-state index contributed by atoms with van der Waals surface area (Å²) in [6.45, 7) is 3.11. The zero-order chi connectivity index (χ0) is 11.5. The highest BCUT2D eigenvalue weighted by Gasteiger charge is 1.92. The lowest BCUT2D eigenvalue weighted by molar-refractivity contribution is 0.0326. The highest BCUT2D eigenvalue weighted by Crippen LogP contribution is 2.11. The van der Waals surface area contributed by atoms with E-state index in [1.807, 2.05) is 30.3 Å². The van der Waals surface area contributed by atoms with E-state index < -0.39 is 0 Å². The number of ether oxygens (including phenoxy) is 2. The van der Waals surface area contributed by atoms with Crippen LogP contribution < -0.4 is 0 Å². The van der Waals surface area contributed by atoms with E-state index in [1.54, 1.807) is 0 Å². The van der Waals surface area contributed by atoms with Crippen LogP contribution in [0.4, 0.5) is 0 Å². The smallest absolute Gasteiger partial charge is 0.0857 e. The van der Waals surface area contributed by atoms with Crippen LogP contribution in [0.1, 0.15) is 5.56 Å². The van der Waals surface area contributed by atoms with Crippen LogP contribution in [-0.4, -0.2) is 26.4 Å². The van der Waals surface area contributed by atoms with Crippen molar-refractivity contribution in [3.63, 3.8) is 0 Å². The summed E-state index contributed by atoms with van der Waals surface area (Å²) in [5, 5.41) is 0. The third-order valence-electron chi connectivity index (χ3n) is 1.84. The first-order valence-corrected chi connectivity index (χ1v) is 8.31. The van der Waals surface area contributed by atoms with Crippen molar-refractivity contribution in [1.29, 1.82) is 0 Å². The second kappa shape index (κ2) is 10.3. The molecule has 0 saturated carbocycles. The Bertz CT molecular complexity index is 259. The zero-order valence-corrected chi connectivity index (χ0v) is 11.9. The van der Waals surface area contributed by atoms with E-state index >= 15 is 0 Å². The molecule has 0 atom stereocenters. The van der Waals surface area contributed by atoms with Crippen molar-refractivity contribution in [3.05, 3.63) is 35.9 Å². The molecule has 3 nitrogen and oxygen atoms in total. The van der Waals surface area contributed by atoms with Crippen LogP contribution >= 0.6 is 30.4 Å². The number of rotatable bonds is 9. The molecule has 0 heterocycles. The summed E-state index contributed by atoms with van der Waals surface area (Å²) in [6, 6.07) is 10.1. The lowest BCUT2D eigenvalue weighted by Crippen LogP contribution is -2.07. The monoisotopic (exact) mass is 354 g/mol. The van der Waals surface area contributed by atoms with Crippen molar-refractivity contribution in [2.45, 2.75) is 6.61 Å². The Balaban J connectivity index is 1.89. The summed E-state index contributed by atoms with van der Waals surface area (Å²) in [7, 11) is 1.33. The average Bonchev–Trinajstić information content (AvgIpc) is 2.34. The van der Waals surface area contributed by atoms with Gasteiger partial charge >= 0.3 is 0 Å². The molecule has 5 heteroatoms. The lowest BCUT2D eigenvalue weighted by atomic mass is 10.2. The Morgan fingerprint density at radius 2 is 1.62 bits per heavy atom. The molecule has 0 aromatic heterocycles. The summed E-state index contributed by atoms with van der Waals surface area (Å²) in [6.07, 6.45) is 0. The van der Waals surface area contributed by atoms with Gasteiger partial charge in [0.1, 0.15) is 0 Å². The molecule has 0 spiro atoms. The van der Waals surface area contributed by atoms with Crippen molar-refractivity contribution in [1.82, 2.24) is 0 Å². The highest BCUT2D eigenvalue weighted by atomic mass is 127. The van der Waals surface area contributed by atoms with Crippen molar-refractivity contribution >= 4 is 30.4 Å². The maximum atomic E-state index is 5.45. The van der Waals surface area contributed by atoms with Crippen LogP contribution in [0.2, 0.25) is 0 Å². The Morgan fingerprint density at radius 1 is 0.938 bits per heavy atom. The van der Waals surface area contributed by atoms with E-state index in [9.17, 15) is 0 Å². The van der Waals surface area contributed by atoms with Crippen LogP contribution in [0, 0.1) is 0 Å². The molecule has 0 N–H and O–H groups in total. The Kier molecular flexibility index (Phi) is 9.20. The summed E-state index contributed by atoms with van der Waals surface area (Å²) in [5.74, 6) is 0. The molecule has 90 valence electrons. The van der Waals surface area contributed by atoms with Gasteiger partial charge < -0.3 is 13.7 Å². The number of hydrogen-bond donors (Lipinski definition) is 0. The van der Waals surface area contributed by atoms with Crippen LogP contribution in [0.3, 0.4) is 0 Å². The molecule has 1 rings (SSSR count). The fourth-order valence-corrected chi connectivity index (χ4v) is 1.78. The van der Waals surface area contributed by atoms with E-state index in [0.717, 1.165) is 0 Å². The predicted octanol–water partition coefficient (Wildman–Crippen LogP) is 3.23. The average molecular weight is 354 g/mol. The van der Waals surface area contributed by atoms with Gasteiger partial charge in [0.05, 0.1) is 42.2 Å². The highest BCUT2D eigenvalue weighted by molar-refractivity contribution is 14.2. The second-order valence-corrected chi connectivity index (χ2v) is 4.48. The first kappa shape index (κ1) is 14.2.